The Kier molecular flexibility index (Phi) is 6.38. The van der Waals surface area contributed by atoms with Gasteiger partial charge in [0, 0.05) is 16.6 Å². The second kappa shape index (κ2) is 8.66. The van der Waals surface area contributed by atoms with Crippen molar-refractivity contribution in [3.63, 3.8) is 0 Å². The summed E-state index contributed by atoms with van der Waals surface area (Å²) in [5, 5.41) is 9.81. The molecule has 0 aliphatic carbocycles. The number of ether oxygens (including phenoxy) is 2. The highest BCUT2D eigenvalue weighted by atomic mass is 19.4. The third-order valence-corrected chi connectivity index (χ3v) is 5.07. The molecule has 34 heavy (non-hydrogen) atoms. The van der Waals surface area contributed by atoms with E-state index in [1.807, 2.05) is 0 Å². The van der Waals surface area contributed by atoms with Crippen LogP contribution in [0.3, 0.4) is 0 Å². The number of fused-ring (bicyclic) bond motifs is 1. The first-order valence-corrected chi connectivity index (χ1v) is 10.3. The number of phenolic OH excluding ortho intramolecular Hbond substituents is 1. The zero-order valence-corrected chi connectivity index (χ0v) is 19.1. The summed E-state index contributed by atoms with van der Waals surface area (Å²) in [6.45, 7) is 8.03. The summed E-state index contributed by atoms with van der Waals surface area (Å²) in [5.41, 5.74) is -0.353. The number of nitrogens with zero attached hydrogens (tertiary/aromatic N) is 1. The van der Waals surface area contributed by atoms with E-state index in [0.29, 0.717) is 0 Å². The van der Waals surface area contributed by atoms with E-state index < -0.39 is 47.1 Å². The highest BCUT2D eigenvalue weighted by Gasteiger charge is 2.33. The van der Waals surface area contributed by atoms with Crippen LogP contribution >= 0.6 is 0 Å². The summed E-state index contributed by atoms with van der Waals surface area (Å²) in [6.07, 6.45) is -4.88. The first kappa shape index (κ1) is 25.1. The molecule has 1 aromatic heterocycles. The molecule has 0 radical (unpaired) electrons. The van der Waals surface area contributed by atoms with Crippen LogP contribution in [0.25, 0.3) is 10.9 Å². The third-order valence-electron chi connectivity index (χ3n) is 5.07. The summed E-state index contributed by atoms with van der Waals surface area (Å²) < 4.78 is 62.7. The predicted octanol–water partition coefficient (Wildman–Crippen LogP) is 5.83. The van der Waals surface area contributed by atoms with Crippen molar-refractivity contribution in [1.82, 2.24) is 4.57 Å². The number of phenols is 1. The molecule has 1 heterocycles. The number of carbonyl (C=O) groups is 2. The van der Waals surface area contributed by atoms with Gasteiger partial charge in [0.05, 0.1) is 11.4 Å². The first-order chi connectivity index (χ1) is 15.6. The minimum Gasteiger partial charge on any atom is -0.505 e. The maximum absolute atomic E-state index is 15.0. The van der Waals surface area contributed by atoms with Gasteiger partial charge in [0.2, 0.25) is 0 Å². The van der Waals surface area contributed by atoms with Crippen molar-refractivity contribution < 1.29 is 41.7 Å². The van der Waals surface area contributed by atoms with Gasteiger partial charge in [-0.1, -0.05) is 0 Å². The summed E-state index contributed by atoms with van der Waals surface area (Å²) >= 11 is 0. The number of aromatic hydroxyl groups is 1. The summed E-state index contributed by atoms with van der Waals surface area (Å²) in [7, 11) is 0. The minimum atomic E-state index is -4.88. The number of rotatable bonds is 4. The minimum absolute atomic E-state index is 0.000483. The Morgan fingerprint density at radius 1 is 1.03 bits per heavy atom. The normalized spacial score (nSPS) is 13.1. The van der Waals surface area contributed by atoms with Crippen LogP contribution in [0, 0.1) is 12.7 Å². The number of esters is 1. The molecular formula is C24H23F4NO5. The quantitative estimate of drug-likeness (QED) is 0.375. The average molecular weight is 481 g/mol. The van der Waals surface area contributed by atoms with Crippen molar-refractivity contribution in [3.05, 3.63) is 59.0 Å². The van der Waals surface area contributed by atoms with Gasteiger partial charge in [-0.25, -0.2) is 4.39 Å². The number of benzene rings is 2. The van der Waals surface area contributed by atoms with Crippen LogP contribution in [0.4, 0.5) is 17.6 Å². The second-order valence-corrected chi connectivity index (χ2v) is 8.76. The molecule has 1 N–H and O–H groups in total. The van der Waals surface area contributed by atoms with E-state index in [9.17, 15) is 27.9 Å². The lowest BCUT2D eigenvalue weighted by molar-refractivity contribution is -0.274. The van der Waals surface area contributed by atoms with Crippen LogP contribution in [-0.4, -0.2) is 33.5 Å². The fourth-order valence-corrected chi connectivity index (χ4v) is 3.71. The lowest BCUT2D eigenvalue weighted by Crippen LogP contribution is -2.27. The Balaban J connectivity index is 2.14. The fourth-order valence-electron chi connectivity index (χ4n) is 3.71. The van der Waals surface area contributed by atoms with E-state index in [1.54, 1.807) is 20.8 Å². The maximum Gasteiger partial charge on any atom is 0.573 e. The third kappa shape index (κ3) is 5.00. The average Bonchev–Trinajstić information content (AvgIpc) is 3.00. The zero-order chi connectivity index (χ0) is 25.6. The molecule has 0 saturated heterocycles. The van der Waals surface area contributed by atoms with E-state index in [0.717, 1.165) is 34.9 Å². The van der Waals surface area contributed by atoms with Crippen molar-refractivity contribution in [2.45, 2.75) is 52.5 Å². The number of aromatic nitrogens is 1. The molecule has 1 unspecified atom stereocenters. The van der Waals surface area contributed by atoms with Crippen LogP contribution in [-0.2, 0) is 9.53 Å². The Morgan fingerprint density at radius 3 is 2.15 bits per heavy atom. The number of alkyl halides is 3. The molecule has 182 valence electrons. The van der Waals surface area contributed by atoms with Crippen LogP contribution < -0.4 is 4.74 Å². The SMILES string of the molecule is Cc1c(C(C)C(=O)OC(C)(C)C)c2c(F)c(O)ccc2n1C(=O)c1ccc(OC(F)(F)F)cc1. The Hall–Kier alpha value is -3.56. The van der Waals surface area contributed by atoms with Gasteiger partial charge in [0.25, 0.3) is 5.91 Å². The van der Waals surface area contributed by atoms with Crippen LogP contribution in [0.15, 0.2) is 36.4 Å². The molecule has 0 saturated carbocycles. The molecule has 3 aromatic rings. The molecule has 6 nitrogen and oxygen atoms in total. The Morgan fingerprint density at radius 2 is 1.62 bits per heavy atom. The molecule has 0 spiro atoms. The van der Waals surface area contributed by atoms with Gasteiger partial charge in [-0.2, -0.15) is 0 Å². The van der Waals surface area contributed by atoms with Gasteiger partial charge >= 0.3 is 12.3 Å². The lowest BCUT2D eigenvalue weighted by Gasteiger charge is -2.22. The van der Waals surface area contributed by atoms with Crippen molar-refractivity contribution in [2.75, 3.05) is 0 Å². The van der Waals surface area contributed by atoms with Crippen molar-refractivity contribution in [2.24, 2.45) is 0 Å². The fraction of sp³-hybridized carbons (Fsp3) is 0.333. The molecule has 10 heteroatoms. The number of hydrogen-bond donors (Lipinski definition) is 1. The van der Waals surface area contributed by atoms with Crippen LogP contribution in [0.2, 0.25) is 0 Å². The smallest absolute Gasteiger partial charge is 0.505 e. The maximum atomic E-state index is 15.0. The van der Waals surface area contributed by atoms with E-state index in [1.165, 1.54) is 19.9 Å². The van der Waals surface area contributed by atoms with Crippen molar-refractivity contribution >= 4 is 22.8 Å². The molecule has 3 rings (SSSR count). The van der Waals surface area contributed by atoms with Crippen LogP contribution in [0.5, 0.6) is 11.5 Å². The van der Waals surface area contributed by atoms with Crippen LogP contribution in [0.1, 0.15) is 55.2 Å². The molecule has 1 atom stereocenters. The van der Waals surface area contributed by atoms with E-state index in [-0.39, 0.29) is 27.7 Å². The van der Waals surface area contributed by atoms with Gasteiger partial charge in [0.1, 0.15) is 11.4 Å². The molecule has 2 aromatic carbocycles. The van der Waals surface area contributed by atoms with Gasteiger partial charge in [-0.15, -0.1) is 13.2 Å². The number of hydrogen-bond acceptors (Lipinski definition) is 5. The Labute approximate surface area is 192 Å². The largest absolute Gasteiger partial charge is 0.573 e. The topological polar surface area (TPSA) is 77.8 Å². The lowest BCUT2D eigenvalue weighted by atomic mass is 9.97. The Bertz CT molecular complexity index is 1250. The predicted molar refractivity (Wildman–Crippen MR) is 115 cm³/mol. The van der Waals surface area contributed by atoms with Gasteiger partial charge < -0.3 is 14.6 Å². The highest BCUT2D eigenvalue weighted by molar-refractivity contribution is 6.05. The van der Waals surface area contributed by atoms with Gasteiger partial charge in [0.15, 0.2) is 11.6 Å². The molecule has 0 fully saturated rings. The summed E-state index contributed by atoms with van der Waals surface area (Å²) in [6, 6.07) is 6.65. The van der Waals surface area contributed by atoms with E-state index in [4.69, 9.17) is 4.74 Å². The number of carbonyl (C=O) groups excluding carboxylic acids is 2. The first-order valence-electron chi connectivity index (χ1n) is 10.3. The van der Waals surface area contributed by atoms with Gasteiger partial charge in [-0.3, -0.25) is 14.2 Å². The second-order valence-electron chi connectivity index (χ2n) is 8.76. The monoisotopic (exact) mass is 481 g/mol. The molecule has 0 bridgehead atoms. The standard InChI is InChI=1S/C24H23F4NO5/c1-12(22(32)34-23(3,4)5)18-13(2)29(16-10-11-17(30)20(25)19(16)18)21(31)14-6-8-15(9-7-14)33-24(26,27)28/h6-12,30H,1-5H3. The molecule has 0 amide bonds. The van der Waals surface area contributed by atoms with Crippen molar-refractivity contribution in [1.29, 1.82) is 0 Å². The number of halogens is 4. The van der Waals surface area contributed by atoms with E-state index >= 15 is 4.39 Å². The summed E-state index contributed by atoms with van der Waals surface area (Å²) in [4.78, 5) is 26.1. The van der Waals surface area contributed by atoms with E-state index in [2.05, 4.69) is 4.74 Å². The molecule has 0 aliphatic rings. The zero-order valence-electron chi connectivity index (χ0n) is 19.1. The molecular weight excluding hydrogens is 458 g/mol. The van der Waals surface area contributed by atoms with Crippen molar-refractivity contribution in [3.8, 4) is 11.5 Å². The summed E-state index contributed by atoms with van der Waals surface area (Å²) in [5.74, 6) is -4.50. The van der Waals surface area contributed by atoms with Gasteiger partial charge in [-0.05, 0) is 76.6 Å². The highest BCUT2D eigenvalue weighted by Crippen LogP contribution is 2.38. The molecule has 0 aliphatic heterocycles.